The maximum absolute atomic E-state index is 6.41. The first-order valence-electron chi connectivity index (χ1n) is 7.33. The minimum Gasteiger partial charge on any atom is -0.420 e. The third-order valence-corrected chi connectivity index (χ3v) is 22.2. The minimum atomic E-state index is -2.29. The Morgan fingerprint density at radius 3 is 1.86 bits per heavy atom. The van der Waals surface area contributed by atoms with Gasteiger partial charge in [0.05, 0.1) is 0 Å². The summed E-state index contributed by atoms with van der Waals surface area (Å²) in [5, 5.41) is 0. The Kier molecular flexibility index (Phi) is 7.10. The van der Waals surface area contributed by atoms with Crippen LogP contribution in [0.2, 0.25) is 51.9 Å². The van der Waals surface area contributed by atoms with Gasteiger partial charge in [-0.05, 0) is 58.3 Å². The fourth-order valence-electron chi connectivity index (χ4n) is 2.61. The summed E-state index contributed by atoms with van der Waals surface area (Å²) in [5.41, 5.74) is 0. The van der Waals surface area contributed by atoms with E-state index in [1.54, 1.807) is 0 Å². The standard InChI is InChI=1S/C10H29ClO5Si5/c1-18(2)12-17-13-21(7,10-8-9-11)16-20(5,6)15-19(3,4)14-18/h8-10,17H2,1-7H3. The second-order valence-corrected chi connectivity index (χ2v) is 23.4. The molecule has 0 aromatic rings. The molecule has 1 atom stereocenters. The van der Waals surface area contributed by atoms with Crippen LogP contribution in [-0.4, -0.2) is 50.1 Å². The van der Waals surface area contributed by atoms with E-state index < -0.39 is 44.3 Å². The molecule has 1 fully saturated rings. The lowest BCUT2D eigenvalue weighted by molar-refractivity contribution is 0.253. The first-order valence-corrected chi connectivity index (χ1v) is 20.0. The number of hydrogen-bond acceptors (Lipinski definition) is 5. The number of rotatable bonds is 3. The predicted molar refractivity (Wildman–Crippen MR) is 98.2 cm³/mol. The van der Waals surface area contributed by atoms with Crippen LogP contribution in [0, 0.1) is 0 Å². The van der Waals surface area contributed by atoms with Crippen molar-refractivity contribution >= 4 is 55.9 Å². The molecule has 1 unspecified atom stereocenters. The second-order valence-electron chi connectivity index (χ2n) is 6.84. The van der Waals surface area contributed by atoms with Crippen molar-refractivity contribution in [1.82, 2.24) is 0 Å². The van der Waals surface area contributed by atoms with E-state index in [-0.39, 0.29) is 0 Å². The maximum Gasteiger partial charge on any atom is 0.317 e. The monoisotopic (exact) mass is 404 g/mol. The largest absolute Gasteiger partial charge is 0.420 e. The van der Waals surface area contributed by atoms with Crippen molar-refractivity contribution in [3.63, 3.8) is 0 Å². The molecule has 0 aromatic heterocycles. The predicted octanol–water partition coefficient (Wildman–Crippen LogP) is 2.89. The van der Waals surface area contributed by atoms with Crippen molar-refractivity contribution in [3.8, 4) is 0 Å². The maximum atomic E-state index is 6.41. The van der Waals surface area contributed by atoms with E-state index in [1.807, 2.05) is 0 Å². The number of halogens is 1. The van der Waals surface area contributed by atoms with Crippen LogP contribution >= 0.6 is 11.6 Å². The van der Waals surface area contributed by atoms with Gasteiger partial charge in [-0.3, -0.25) is 0 Å². The molecular weight excluding hydrogens is 376 g/mol. The van der Waals surface area contributed by atoms with Crippen LogP contribution in [-0.2, 0) is 20.6 Å². The zero-order valence-corrected chi connectivity index (χ0v) is 20.4. The molecule has 5 nitrogen and oxygen atoms in total. The average molecular weight is 405 g/mol. The Morgan fingerprint density at radius 1 is 0.762 bits per heavy atom. The van der Waals surface area contributed by atoms with Crippen LogP contribution in [0.5, 0.6) is 0 Å². The van der Waals surface area contributed by atoms with Crippen LogP contribution < -0.4 is 0 Å². The molecule has 0 bridgehead atoms. The van der Waals surface area contributed by atoms with E-state index in [1.165, 1.54) is 0 Å². The molecule has 0 aromatic carbocycles. The highest BCUT2D eigenvalue weighted by Crippen LogP contribution is 2.28. The number of alkyl halides is 1. The lowest BCUT2D eigenvalue weighted by atomic mass is 10.6. The summed E-state index contributed by atoms with van der Waals surface area (Å²) in [5.74, 6) is 0.629. The Labute approximate surface area is 140 Å². The van der Waals surface area contributed by atoms with E-state index >= 15 is 0 Å². The molecule has 1 rings (SSSR count). The van der Waals surface area contributed by atoms with Gasteiger partial charge in [0, 0.05) is 5.88 Å². The van der Waals surface area contributed by atoms with Gasteiger partial charge in [-0.1, -0.05) is 0 Å². The van der Waals surface area contributed by atoms with Gasteiger partial charge < -0.3 is 20.6 Å². The summed E-state index contributed by atoms with van der Waals surface area (Å²) in [6.07, 6.45) is 0.904. The Morgan fingerprint density at radius 2 is 1.29 bits per heavy atom. The van der Waals surface area contributed by atoms with Crippen LogP contribution in [0.1, 0.15) is 6.42 Å². The molecule has 1 aliphatic heterocycles. The van der Waals surface area contributed by atoms with Gasteiger partial charge in [-0.2, -0.15) is 0 Å². The molecule has 0 N–H and O–H groups in total. The summed E-state index contributed by atoms with van der Waals surface area (Å²) in [6.45, 7) is 14.6. The fourth-order valence-corrected chi connectivity index (χ4v) is 23.9. The summed E-state index contributed by atoms with van der Waals surface area (Å²) in [7, 11) is -10.1. The van der Waals surface area contributed by atoms with Crippen molar-refractivity contribution in [1.29, 1.82) is 0 Å². The van der Waals surface area contributed by atoms with Gasteiger partial charge in [-0.15, -0.1) is 11.6 Å². The van der Waals surface area contributed by atoms with Gasteiger partial charge in [0.2, 0.25) is 0 Å². The zero-order chi connectivity index (χ0) is 16.4. The summed E-state index contributed by atoms with van der Waals surface area (Å²) < 4.78 is 31.1. The molecule has 0 spiro atoms. The van der Waals surface area contributed by atoms with Crippen molar-refractivity contribution in [3.05, 3.63) is 0 Å². The van der Waals surface area contributed by atoms with E-state index in [9.17, 15) is 0 Å². The second kappa shape index (κ2) is 7.38. The van der Waals surface area contributed by atoms with Crippen LogP contribution in [0.25, 0.3) is 0 Å². The normalized spacial score (nSPS) is 33.7. The molecule has 0 amide bonds. The molecule has 21 heavy (non-hydrogen) atoms. The molecule has 0 aliphatic carbocycles. The molecule has 0 radical (unpaired) electrons. The summed E-state index contributed by atoms with van der Waals surface area (Å²) >= 11 is 5.84. The molecule has 1 aliphatic rings. The van der Waals surface area contributed by atoms with Crippen LogP contribution in [0.15, 0.2) is 0 Å². The van der Waals surface area contributed by atoms with Crippen LogP contribution in [0.3, 0.4) is 0 Å². The van der Waals surface area contributed by atoms with Gasteiger partial charge in [-0.25, -0.2) is 0 Å². The van der Waals surface area contributed by atoms with Gasteiger partial charge in [0.15, 0.2) is 0 Å². The summed E-state index contributed by atoms with van der Waals surface area (Å²) in [4.78, 5) is 0. The fraction of sp³-hybridized carbons (Fsp3) is 1.00. The Hall–Kier alpha value is 1.17. The highest BCUT2D eigenvalue weighted by molar-refractivity contribution is 6.89. The first kappa shape index (κ1) is 20.2. The molecule has 1 saturated heterocycles. The number of hydrogen-bond donors (Lipinski definition) is 0. The minimum absolute atomic E-state index is 0.629. The topological polar surface area (TPSA) is 46.2 Å². The van der Waals surface area contributed by atoms with E-state index in [0.717, 1.165) is 12.5 Å². The SMILES string of the molecule is C[Si]1(C)O[SiH2]O[Si](C)(CCCCl)O[Si](C)(C)O[Si](C)(C)O1. The highest BCUT2D eigenvalue weighted by Gasteiger charge is 2.47. The van der Waals surface area contributed by atoms with E-state index in [0.29, 0.717) is 5.88 Å². The van der Waals surface area contributed by atoms with E-state index in [4.69, 9.17) is 32.2 Å². The molecular formula is C10H29ClO5Si5. The zero-order valence-electron chi connectivity index (χ0n) is 14.2. The Balaban J connectivity index is 2.95. The van der Waals surface area contributed by atoms with Crippen molar-refractivity contribution in [2.75, 3.05) is 5.88 Å². The molecule has 11 heteroatoms. The molecule has 0 saturated carbocycles. The quantitative estimate of drug-likeness (QED) is 0.534. The van der Waals surface area contributed by atoms with Gasteiger partial charge in [0.25, 0.3) is 10.0 Å². The van der Waals surface area contributed by atoms with Gasteiger partial charge >= 0.3 is 34.2 Å². The van der Waals surface area contributed by atoms with Crippen molar-refractivity contribution in [2.24, 2.45) is 0 Å². The highest BCUT2D eigenvalue weighted by atomic mass is 35.5. The Bertz CT molecular complexity index is 357. The van der Waals surface area contributed by atoms with Crippen molar-refractivity contribution < 1.29 is 20.6 Å². The molecule has 1 heterocycles. The third-order valence-electron chi connectivity index (χ3n) is 2.98. The van der Waals surface area contributed by atoms with Crippen molar-refractivity contribution in [2.45, 2.75) is 58.3 Å². The molecule has 126 valence electrons. The summed E-state index contributed by atoms with van der Waals surface area (Å²) in [6, 6.07) is 0.886. The van der Waals surface area contributed by atoms with Crippen LogP contribution in [0.4, 0.5) is 0 Å². The smallest absolute Gasteiger partial charge is 0.317 e. The van der Waals surface area contributed by atoms with E-state index in [2.05, 4.69) is 45.8 Å². The average Bonchev–Trinajstić information content (AvgIpc) is 2.20. The first-order chi connectivity index (χ1) is 9.39. The lowest BCUT2D eigenvalue weighted by Crippen LogP contribution is -2.60. The lowest BCUT2D eigenvalue weighted by Gasteiger charge is -2.43. The van der Waals surface area contributed by atoms with Gasteiger partial charge in [0.1, 0.15) is 0 Å². The third kappa shape index (κ3) is 7.52.